The van der Waals surface area contributed by atoms with E-state index in [9.17, 15) is 4.79 Å². The Labute approximate surface area is 136 Å². The summed E-state index contributed by atoms with van der Waals surface area (Å²) in [6.45, 7) is 6.27. The van der Waals surface area contributed by atoms with Gasteiger partial charge in [0.25, 0.3) is 0 Å². The van der Waals surface area contributed by atoms with Crippen molar-refractivity contribution in [3.8, 4) is 0 Å². The number of nitrogens with zero attached hydrogens (tertiary/aromatic N) is 2. The largest absolute Gasteiger partial charge is 0.353 e. The van der Waals surface area contributed by atoms with Crippen molar-refractivity contribution in [2.45, 2.75) is 45.6 Å². The molecule has 0 aliphatic heterocycles. The number of pyridine rings is 1. The van der Waals surface area contributed by atoms with Crippen LogP contribution in [0.4, 0.5) is 11.8 Å². The predicted molar refractivity (Wildman–Crippen MR) is 90.7 cm³/mol. The molecule has 0 bridgehead atoms. The molecule has 0 aliphatic rings. The minimum Gasteiger partial charge on any atom is -0.353 e. The van der Waals surface area contributed by atoms with Gasteiger partial charge in [-0.05, 0) is 25.5 Å². The van der Waals surface area contributed by atoms with Crippen LogP contribution in [0, 0.1) is 0 Å². The number of aromatic amines is 1. The number of hydrogen-bond acceptors (Lipinski definition) is 5. The molecule has 0 aliphatic carbocycles. The molecule has 124 valence electrons. The summed E-state index contributed by atoms with van der Waals surface area (Å²) in [5.74, 6) is 0.998. The lowest BCUT2D eigenvalue weighted by Gasteiger charge is -2.29. The van der Waals surface area contributed by atoms with E-state index in [2.05, 4.69) is 39.4 Å². The highest BCUT2D eigenvalue weighted by Crippen LogP contribution is 2.22. The molecule has 1 amide bonds. The van der Waals surface area contributed by atoms with Crippen molar-refractivity contribution in [2.75, 3.05) is 17.6 Å². The summed E-state index contributed by atoms with van der Waals surface area (Å²) in [6.07, 6.45) is 4.76. The molecule has 0 aromatic carbocycles. The van der Waals surface area contributed by atoms with E-state index in [1.165, 1.54) is 6.92 Å². The van der Waals surface area contributed by atoms with Gasteiger partial charge in [-0.1, -0.05) is 19.8 Å². The van der Waals surface area contributed by atoms with Gasteiger partial charge in [0.05, 0.1) is 12.1 Å². The lowest BCUT2D eigenvalue weighted by molar-refractivity contribution is -0.346. The summed E-state index contributed by atoms with van der Waals surface area (Å²) in [5, 5.41) is 6.37. The van der Waals surface area contributed by atoms with Crippen LogP contribution in [0.15, 0.2) is 18.3 Å². The quantitative estimate of drug-likeness (QED) is 0.718. The molecule has 2 rings (SSSR count). The van der Waals surface area contributed by atoms with Crippen molar-refractivity contribution in [1.82, 2.24) is 15.3 Å². The standard InChI is InChI=1S/C16H24N6O/c1-4-5-8-16(3,10-19-11(2)23)22-14-13-12(7-6-9-18-13)20-15(17)21-14/h6-7,9H,4-5,8,10H2,1-3H3,(H,19,23)(H3,17,20,21,22)/p+1. The molecular formula is C16H25N6O+. The number of carbonyl (C=O) groups excluding carboxylic acids is 1. The van der Waals surface area contributed by atoms with E-state index in [1.807, 2.05) is 12.1 Å². The number of rotatable bonds is 7. The number of nitrogen functional groups attached to an aromatic ring is 1. The second-order valence-corrected chi connectivity index (χ2v) is 6.07. The highest BCUT2D eigenvalue weighted by molar-refractivity contribution is 5.83. The number of hydrogen-bond donors (Lipinski definition) is 3. The van der Waals surface area contributed by atoms with Gasteiger partial charge in [0.2, 0.25) is 11.7 Å². The number of nitrogens with two attached hydrogens (primary N) is 1. The van der Waals surface area contributed by atoms with Gasteiger partial charge in [-0.3, -0.25) is 4.79 Å². The fourth-order valence-corrected chi connectivity index (χ4v) is 2.50. The zero-order chi connectivity index (χ0) is 16.9. The van der Waals surface area contributed by atoms with Gasteiger partial charge in [0.1, 0.15) is 0 Å². The highest BCUT2D eigenvalue weighted by atomic mass is 16.1. The molecule has 2 aromatic rings. The summed E-state index contributed by atoms with van der Waals surface area (Å²) in [6, 6.07) is 3.70. The minimum atomic E-state index is -0.309. The first-order chi connectivity index (χ1) is 10.9. The van der Waals surface area contributed by atoms with Gasteiger partial charge < -0.3 is 16.4 Å². The maximum Gasteiger partial charge on any atom is 0.343 e. The Kier molecular flexibility index (Phi) is 5.31. The van der Waals surface area contributed by atoms with Crippen LogP contribution in [0.5, 0.6) is 0 Å². The lowest BCUT2D eigenvalue weighted by atomic mass is 9.94. The average Bonchev–Trinajstić information content (AvgIpc) is 2.51. The number of fused-ring (bicyclic) bond motifs is 1. The summed E-state index contributed by atoms with van der Waals surface area (Å²) < 4.78 is 0. The van der Waals surface area contributed by atoms with Crippen molar-refractivity contribution >= 4 is 28.7 Å². The highest BCUT2D eigenvalue weighted by Gasteiger charge is 2.28. The number of unbranched alkanes of at least 4 members (excludes halogenated alkanes) is 1. The van der Waals surface area contributed by atoms with Crippen LogP contribution in [0.3, 0.4) is 0 Å². The number of H-pyrrole nitrogens is 1. The van der Waals surface area contributed by atoms with Gasteiger partial charge in [-0.15, -0.1) is 4.98 Å². The fraction of sp³-hybridized carbons (Fsp3) is 0.500. The first-order valence-electron chi connectivity index (χ1n) is 7.89. The molecule has 0 saturated carbocycles. The van der Waals surface area contributed by atoms with Gasteiger partial charge in [-0.25, -0.2) is 9.97 Å². The molecular weight excluding hydrogens is 292 g/mol. The average molecular weight is 317 g/mol. The van der Waals surface area contributed by atoms with E-state index in [-0.39, 0.29) is 11.4 Å². The van der Waals surface area contributed by atoms with Gasteiger partial charge in [0.15, 0.2) is 11.0 Å². The third-order valence-electron chi connectivity index (χ3n) is 3.75. The Balaban J connectivity index is 2.33. The second kappa shape index (κ2) is 7.21. The van der Waals surface area contributed by atoms with Crippen LogP contribution in [0.25, 0.3) is 11.0 Å². The number of carbonyl (C=O) groups is 1. The van der Waals surface area contributed by atoms with E-state index in [0.717, 1.165) is 36.1 Å². The van der Waals surface area contributed by atoms with E-state index in [0.29, 0.717) is 12.5 Å². The normalized spacial score (nSPS) is 13.5. The van der Waals surface area contributed by atoms with E-state index >= 15 is 0 Å². The SMILES string of the molecule is CCCCC(C)(CNC(C)=O)Nc1[nH+]c(N)nc2cccnc12. The number of amides is 1. The summed E-state index contributed by atoms with van der Waals surface area (Å²) in [5.41, 5.74) is 7.01. The Morgan fingerprint density at radius 2 is 2.26 bits per heavy atom. The smallest absolute Gasteiger partial charge is 0.343 e. The molecule has 2 heterocycles. The van der Waals surface area contributed by atoms with Crippen molar-refractivity contribution in [1.29, 1.82) is 0 Å². The molecule has 1 atom stereocenters. The van der Waals surface area contributed by atoms with Crippen molar-refractivity contribution in [3.63, 3.8) is 0 Å². The first kappa shape index (κ1) is 16.9. The van der Waals surface area contributed by atoms with E-state index in [1.54, 1.807) is 6.20 Å². The van der Waals surface area contributed by atoms with Gasteiger partial charge in [-0.2, -0.15) is 0 Å². The van der Waals surface area contributed by atoms with Crippen LogP contribution >= 0.6 is 0 Å². The predicted octanol–water partition coefficient (Wildman–Crippen LogP) is 1.52. The van der Waals surface area contributed by atoms with Crippen molar-refractivity contribution < 1.29 is 9.78 Å². The molecule has 2 aromatic heterocycles. The minimum absolute atomic E-state index is 0.0456. The Bertz CT molecular complexity index is 689. The third-order valence-corrected chi connectivity index (χ3v) is 3.75. The molecule has 7 heteroatoms. The molecule has 5 N–H and O–H groups in total. The molecule has 0 saturated heterocycles. The maximum absolute atomic E-state index is 11.3. The fourth-order valence-electron chi connectivity index (χ4n) is 2.50. The molecule has 7 nitrogen and oxygen atoms in total. The Hall–Kier alpha value is -2.44. The number of aromatic nitrogens is 3. The molecule has 1 unspecified atom stereocenters. The lowest BCUT2D eigenvalue weighted by Crippen LogP contribution is -2.47. The zero-order valence-electron chi connectivity index (χ0n) is 13.9. The van der Waals surface area contributed by atoms with Gasteiger partial charge >= 0.3 is 5.95 Å². The van der Waals surface area contributed by atoms with Crippen LogP contribution in [-0.4, -0.2) is 28.0 Å². The summed E-state index contributed by atoms with van der Waals surface area (Å²) >= 11 is 0. The second-order valence-electron chi connectivity index (χ2n) is 6.07. The molecule has 0 radical (unpaired) electrons. The van der Waals surface area contributed by atoms with Crippen molar-refractivity contribution in [3.05, 3.63) is 18.3 Å². The first-order valence-corrected chi connectivity index (χ1v) is 7.89. The van der Waals surface area contributed by atoms with Gasteiger partial charge in [0, 0.05) is 13.1 Å². The van der Waals surface area contributed by atoms with Crippen LogP contribution in [0.1, 0.15) is 40.0 Å². The zero-order valence-corrected chi connectivity index (χ0v) is 13.9. The van der Waals surface area contributed by atoms with Crippen LogP contribution < -0.4 is 21.4 Å². The number of anilines is 2. The molecule has 23 heavy (non-hydrogen) atoms. The van der Waals surface area contributed by atoms with E-state index < -0.39 is 0 Å². The molecule has 0 spiro atoms. The summed E-state index contributed by atoms with van der Waals surface area (Å²) in [4.78, 5) is 23.0. The maximum atomic E-state index is 11.3. The van der Waals surface area contributed by atoms with Crippen LogP contribution in [-0.2, 0) is 4.79 Å². The molecule has 0 fully saturated rings. The van der Waals surface area contributed by atoms with E-state index in [4.69, 9.17) is 5.73 Å². The third kappa shape index (κ3) is 4.51. The topological polar surface area (TPSA) is 107 Å². The van der Waals surface area contributed by atoms with Crippen molar-refractivity contribution in [2.24, 2.45) is 0 Å². The Morgan fingerprint density at radius 3 is 2.96 bits per heavy atom. The number of nitrogens with one attached hydrogen (secondary N) is 3. The van der Waals surface area contributed by atoms with Crippen LogP contribution in [0.2, 0.25) is 0 Å². The Morgan fingerprint density at radius 1 is 1.48 bits per heavy atom. The monoisotopic (exact) mass is 317 g/mol. The summed E-state index contributed by atoms with van der Waals surface area (Å²) in [7, 11) is 0.